The van der Waals surface area contributed by atoms with E-state index in [1.165, 1.54) is 0 Å². The molecule has 0 aliphatic heterocycles. The minimum atomic E-state index is -1.02. The van der Waals surface area contributed by atoms with Crippen molar-refractivity contribution in [1.82, 2.24) is 4.98 Å². The van der Waals surface area contributed by atoms with E-state index in [9.17, 15) is 9.90 Å². The standard InChI is InChI=1S/C23H21N3O3/c1-2-16-5-8-21(29-15-18-9-11-25-12-10-18)20(13-16)22(23(27)28)26-19-6-3-17(14-24)4-7-19/h3-13,22,26H,2,15H2,1H3,(H,27,28). The Bertz CT molecular complexity index is 1010. The number of pyridine rings is 1. The van der Waals surface area contributed by atoms with Crippen molar-refractivity contribution >= 4 is 11.7 Å². The fourth-order valence-electron chi connectivity index (χ4n) is 2.90. The molecule has 1 unspecified atom stereocenters. The summed E-state index contributed by atoms with van der Waals surface area (Å²) in [6.45, 7) is 2.32. The van der Waals surface area contributed by atoms with Crippen LogP contribution in [0.2, 0.25) is 0 Å². The van der Waals surface area contributed by atoms with E-state index in [1.54, 1.807) is 36.7 Å². The number of carboxylic acids is 1. The van der Waals surface area contributed by atoms with Crippen LogP contribution in [0.3, 0.4) is 0 Å². The Balaban J connectivity index is 1.90. The van der Waals surface area contributed by atoms with Crippen LogP contribution in [0.1, 0.15) is 35.2 Å². The van der Waals surface area contributed by atoms with E-state index in [4.69, 9.17) is 10.00 Å². The first-order valence-corrected chi connectivity index (χ1v) is 9.24. The maximum Gasteiger partial charge on any atom is 0.330 e. The van der Waals surface area contributed by atoms with Gasteiger partial charge in [0, 0.05) is 23.6 Å². The van der Waals surface area contributed by atoms with Crippen molar-refractivity contribution < 1.29 is 14.6 Å². The molecule has 1 atom stereocenters. The van der Waals surface area contributed by atoms with Gasteiger partial charge in [0.2, 0.25) is 0 Å². The Morgan fingerprint density at radius 1 is 1.14 bits per heavy atom. The molecule has 0 fully saturated rings. The summed E-state index contributed by atoms with van der Waals surface area (Å²) in [4.78, 5) is 16.1. The van der Waals surface area contributed by atoms with Gasteiger partial charge in [-0.15, -0.1) is 0 Å². The van der Waals surface area contributed by atoms with E-state index < -0.39 is 12.0 Å². The number of aryl methyl sites for hydroxylation is 1. The first kappa shape index (κ1) is 19.9. The molecule has 0 aliphatic rings. The Hall–Kier alpha value is -3.85. The highest BCUT2D eigenvalue weighted by Gasteiger charge is 2.24. The first-order chi connectivity index (χ1) is 14.1. The predicted molar refractivity (Wildman–Crippen MR) is 110 cm³/mol. The highest BCUT2D eigenvalue weighted by atomic mass is 16.5. The molecule has 2 aromatic carbocycles. The molecule has 3 aromatic rings. The number of aromatic nitrogens is 1. The van der Waals surface area contributed by atoms with Crippen LogP contribution >= 0.6 is 0 Å². The number of anilines is 1. The Morgan fingerprint density at radius 3 is 2.48 bits per heavy atom. The van der Waals surface area contributed by atoms with Gasteiger partial charge in [0.05, 0.1) is 11.6 Å². The molecule has 6 heteroatoms. The zero-order valence-electron chi connectivity index (χ0n) is 16.0. The molecular formula is C23H21N3O3. The molecule has 0 bridgehead atoms. The Morgan fingerprint density at radius 2 is 1.86 bits per heavy atom. The number of nitrogens with one attached hydrogen (secondary N) is 1. The summed E-state index contributed by atoms with van der Waals surface area (Å²) < 4.78 is 5.95. The van der Waals surface area contributed by atoms with Crippen LogP contribution in [-0.4, -0.2) is 16.1 Å². The number of benzene rings is 2. The summed E-state index contributed by atoms with van der Waals surface area (Å²) in [7, 11) is 0. The molecule has 1 heterocycles. The monoisotopic (exact) mass is 387 g/mol. The minimum Gasteiger partial charge on any atom is -0.489 e. The summed E-state index contributed by atoms with van der Waals surface area (Å²) in [5, 5.41) is 21.9. The van der Waals surface area contributed by atoms with Crippen molar-refractivity contribution in [3.63, 3.8) is 0 Å². The lowest BCUT2D eigenvalue weighted by Gasteiger charge is -2.20. The summed E-state index contributed by atoms with van der Waals surface area (Å²) in [6, 6.07) is 17.0. The van der Waals surface area contributed by atoms with Crippen LogP contribution in [-0.2, 0) is 17.8 Å². The quantitative estimate of drug-likeness (QED) is 0.597. The second-order valence-corrected chi connectivity index (χ2v) is 6.47. The van der Waals surface area contributed by atoms with Gasteiger partial charge in [-0.25, -0.2) is 4.79 Å². The van der Waals surface area contributed by atoms with E-state index in [2.05, 4.69) is 10.3 Å². The molecular weight excluding hydrogens is 366 g/mol. The number of hydrogen-bond donors (Lipinski definition) is 2. The van der Waals surface area contributed by atoms with E-state index >= 15 is 0 Å². The van der Waals surface area contributed by atoms with E-state index in [1.807, 2.05) is 43.3 Å². The van der Waals surface area contributed by atoms with Crippen molar-refractivity contribution in [3.8, 4) is 11.8 Å². The zero-order valence-corrected chi connectivity index (χ0v) is 16.0. The van der Waals surface area contributed by atoms with Gasteiger partial charge < -0.3 is 15.2 Å². The lowest BCUT2D eigenvalue weighted by molar-refractivity contribution is -0.138. The summed E-state index contributed by atoms with van der Waals surface area (Å²) >= 11 is 0. The number of ether oxygens (including phenoxy) is 1. The molecule has 0 amide bonds. The molecule has 0 saturated carbocycles. The normalized spacial score (nSPS) is 11.3. The summed E-state index contributed by atoms with van der Waals surface area (Å²) in [5.41, 5.74) is 3.63. The zero-order chi connectivity index (χ0) is 20.6. The van der Waals surface area contributed by atoms with Gasteiger partial charge in [0.1, 0.15) is 12.4 Å². The maximum atomic E-state index is 12.1. The molecule has 146 valence electrons. The smallest absolute Gasteiger partial charge is 0.330 e. The van der Waals surface area contributed by atoms with Gasteiger partial charge >= 0.3 is 5.97 Å². The van der Waals surface area contributed by atoms with Crippen molar-refractivity contribution in [1.29, 1.82) is 5.26 Å². The largest absolute Gasteiger partial charge is 0.489 e. The van der Waals surface area contributed by atoms with Crippen molar-refractivity contribution in [3.05, 3.63) is 89.2 Å². The van der Waals surface area contributed by atoms with Crippen LogP contribution in [0.25, 0.3) is 0 Å². The average Bonchev–Trinajstić information content (AvgIpc) is 2.77. The van der Waals surface area contributed by atoms with Crippen LogP contribution in [0.5, 0.6) is 5.75 Å². The lowest BCUT2D eigenvalue weighted by Crippen LogP contribution is -2.21. The molecule has 0 aliphatic carbocycles. The highest BCUT2D eigenvalue weighted by molar-refractivity contribution is 5.80. The third-order valence-electron chi connectivity index (χ3n) is 4.51. The number of rotatable bonds is 8. The minimum absolute atomic E-state index is 0.310. The van der Waals surface area contributed by atoms with Crippen LogP contribution in [0, 0.1) is 11.3 Å². The highest BCUT2D eigenvalue weighted by Crippen LogP contribution is 2.30. The second-order valence-electron chi connectivity index (χ2n) is 6.47. The average molecular weight is 387 g/mol. The first-order valence-electron chi connectivity index (χ1n) is 9.24. The predicted octanol–water partition coefficient (Wildman–Crippen LogP) is 4.33. The van der Waals surface area contributed by atoms with Crippen LogP contribution in [0.4, 0.5) is 5.69 Å². The molecule has 29 heavy (non-hydrogen) atoms. The number of carbonyl (C=O) groups is 1. The lowest BCUT2D eigenvalue weighted by atomic mass is 10.0. The third-order valence-corrected chi connectivity index (χ3v) is 4.51. The van der Waals surface area contributed by atoms with Crippen molar-refractivity contribution in [2.45, 2.75) is 26.0 Å². The molecule has 2 N–H and O–H groups in total. The van der Waals surface area contributed by atoms with E-state index in [0.29, 0.717) is 29.2 Å². The van der Waals surface area contributed by atoms with E-state index in [-0.39, 0.29) is 0 Å². The number of nitrogens with zero attached hydrogens (tertiary/aromatic N) is 2. The van der Waals surface area contributed by atoms with Crippen LogP contribution < -0.4 is 10.1 Å². The van der Waals surface area contributed by atoms with E-state index in [0.717, 1.165) is 17.5 Å². The number of aliphatic carboxylic acids is 1. The molecule has 3 rings (SSSR count). The molecule has 0 radical (unpaired) electrons. The fraction of sp³-hybridized carbons (Fsp3) is 0.174. The van der Waals surface area contributed by atoms with Gasteiger partial charge in [-0.1, -0.05) is 13.0 Å². The van der Waals surface area contributed by atoms with Crippen molar-refractivity contribution in [2.75, 3.05) is 5.32 Å². The fourth-order valence-corrected chi connectivity index (χ4v) is 2.90. The Kier molecular flexibility index (Phi) is 6.43. The van der Waals surface area contributed by atoms with Crippen LogP contribution in [0.15, 0.2) is 67.0 Å². The number of hydrogen-bond acceptors (Lipinski definition) is 5. The Labute approximate surface area is 169 Å². The SMILES string of the molecule is CCc1ccc(OCc2ccncc2)c(C(Nc2ccc(C#N)cc2)C(=O)O)c1. The van der Waals surface area contributed by atoms with Gasteiger partial charge in [-0.2, -0.15) is 5.26 Å². The number of nitriles is 1. The molecule has 1 aromatic heterocycles. The summed E-state index contributed by atoms with van der Waals surface area (Å²) in [5.74, 6) is -0.510. The molecule has 0 spiro atoms. The number of carboxylic acid groups (broad SMARTS) is 1. The van der Waals surface area contributed by atoms with Crippen molar-refractivity contribution in [2.24, 2.45) is 0 Å². The van der Waals surface area contributed by atoms with Gasteiger partial charge in [-0.05, 0) is 66.1 Å². The maximum absolute atomic E-state index is 12.1. The van der Waals surface area contributed by atoms with Gasteiger partial charge in [-0.3, -0.25) is 4.98 Å². The topological polar surface area (TPSA) is 95.2 Å². The molecule has 6 nitrogen and oxygen atoms in total. The third kappa shape index (κ3) is 5.11. The second kappa shape index (κ2) is 9.38. The summed E-state index contributed by atoms with van der Waals surface area (Å²) in [6.07, 6.45) is 4.15. The van der Waals surface area contributed by atoms with Gasteiger partial charge in [0.15, 0.2) is 6.04 Å². The molecule has 0 saturated heterocycles. The van der Waals surface area contributed by atoms with Gasteiger partial charge in [0.25, 0.3) is 0 Å².